The zero-order valence-electron chi connectivity index (χ0n) is 7.21. The molecular weight excluding hydrogens is 142 g/mol. The molecule has 1 fully saturated rings. The Balaban J connectivity index is 2.44. The number of rotatable bonds is 3. The number of hydrogen-bond acceptors (Lipinski definition) is 3. The zero-order chi connectivity index (χ0) is 8.48. The molecule has 1 rings (SSSR count). The van der Waals surface area contributed by atoms with E-state index in [9.17, 15) is 0 Å². The van der Waals surface area contributed by atoms with E-state index in [1.807, 2.05) is 6.92 Å². The van der Waals surface area contributed by atoms with Gasteiger partial charge in [0.2, 0.25) is 0 Å². The number of aliphatic hydroxyl groups excluding tert-OH is 1. The second-order valence-corrected chi connectivity index (χ2v) is 3.43. The van der Waals surface area contributed by atoms with E-state index in [-0.39, 0.29) is 17.7 Å². The van der Waals surface area contributed by atoms with Crippen molar-refractivity contribution in [2.24, 2.45) is 5.73 Å². The van der Waals surface area contributed by atoms with E-state index in [4.69, 9.17) is 15.6 Å². The standard InChI is InChI=1S/C8H17NO2/c1-3-7(11-2)8(9)4-6(10)5-8/h6-7,10H,3-5,9H2,1-2H3. The lowest BCUT2D eigenvalue weighted by Crippen LogP contribution is -2.62. The van der Waals surface area contributed by atoms with Crippen LogP contribution in [0.4, 0.5) is 0 Å². The first-order valence-corrected chi connectivity index (χ1v) is 4.12. The lowest BCUT2D eigenvalue weighted by atomic mass is 9.70. The van der Waals surface area contributed by atoms with Crippen molar-refractivity contribution in [1.82, 2.24) is 0 Å². The molecule has 1 aliphatic carbocycles. The Hall–Kier alpha value is -0.120. The van der Waals surface area contributed by atoms with Crippen molar-refractivity contribution in [3.05, 3.63) is 0 Å². The largest absolute Gasteiger partial charge is 0.393 e. The highest BCUT2D eigenvalue weighted by molar-refractivity contribution is 5.03. The summed E-state index contributed by atoms with van der Waals surface area (Å²) in [7, 11) is 1.67. The highest BCUT2D eigenvalue weighted by Crippen LogP contribution is 2.35. The maximum Gasteiger partial charge on any atom is 0.0750 e. The number of ether oxygens (including phenoxy) is 1. The second kappa shape index (κ2) is 3.09. The molecule has 66 valence electrons. The Morgan fingerprint density at radius 1 is 1.73 bits per heavy atom. The van der Waals surface area contributed by atoms with E-state index < -0.39 is 0 Å². The molecule has 0 saturated heterocycles. The van der Waals surface area contributed by atoms with Gasteiger partial charge in [-0.25, -0.2) is 0 Å². The fourth-order valence-electron chi connectivity index (χ4n) is 1.89. The van der Waals surface area contributed by atoms with Crippen molar-refractivity contribution in [1.29, 1.82) is 0 Å². The molecule has 0 spiro atoms. The molecule has 0 heterocycles. The molecule has 0 aliphatic heterocycles. The molecule has 3 heteroatoms. The highest BCUT2D eigenvalue weighted by atomic mass is 16.5. The second-order valence-electron chi connectivity index (χ2n) is 3.43. The van der Waals surface area contributed by atoms with Gasteiger partial charge in [-0.3, -0.25) is 0 Å². The first-order chi connectivity index (χ1) is 5.12. The summed E-state index contributed by atoms with van der Waals surface area (Å²) in [6, 6.07) is 0. The molecule has 1 unspecified atom stereocenters. The van der Waals surface area contributed by atoms with Crippen LogP contribution in [0.25, 0.3) is 0 Å². The number of nitrogens with two attached hydrogens (primary N) is 1. The van der Waals surface area contributed by atoms with Crippen molar-refractivity contribution in [2.45, 2.75) is 43.9 Å². The minimum Gasteiger partial charge on any atom is -0.393 e. The third kappa shape index (κ3) is 1.55. The third-order valence-corrected chi connectivity index (χ3v) is 2.53. The van der Waals surface area contributed by atoms with Gasteiger partial charge in [-0.15, -0.1) is 0 Å². The number of aliphatic hydroxyl groups is 1. The Morgan fingerprint density at radius 3 is 2.55 bits per heavy atom. The van der Waals surface area contributed by atoms with E-state index >= 15 is 0 Å². The monoisotopic (exact) mass is 159 g/mol. The molecule has 11 heavy (non-hydrogen) atoms. The van der Waals surface area contributed by atoms with Gasteiger partial charge in [0.05, 0.1) is 12.2 Å². The van der Waals surface area contributed by atoms with E-state index in [0.29, 0.717) is 12.8 Å². The van der Waals surface area contributed by atoms with Gasteiger partial charge >= 0.3 is 0 Å². The van der Waals surface area contributed by atoms with Gasteiger partial charge < -0.3 is 15.6 Å². The molecule has 3 N–H and O–H groups in total. The van der Waals surface area contributed by atoms with Crippen molar-refractivity contribution >= 4 is 0 Å². The minimum absolute atomic E-state index is 0.103. The van der Waals surface area contributed by atoms with E-state index in [2.05, 4.69) is 0 Å². The lowest BCUT2D eigenvalue weighted by Gasteiger charge is -2.46. The summed E-state index contributed by atoms with van der Waals surface area (Å²) < 4.78 is 5.22. The van der Waals surface area contributed by atoms with E-state index in [1.54, 1.807) is 7.11 Å². The predicted octanol–water partition coefficient (Wildman–Crippen LogP) is 0.264. The summed E-state index contributed by atoms with van der Waals surface area (Å²) in [6.45, 7) is 2.05. The fraction of sp³-hybridized carbons (Fsp3) is 1.00. The topological polar surface area (TPSA) is 55.5 Å². The lowest BCUT2D eigenvalue weighted by molar-refractivity contribution is -0.0667. The molecule has 0 aromatic rings. The first-order valence-electron chi connectivity index (χ1n) is 4.12. The molecule has 0 aromatic heterocycles. The summed E-state index contributed by atoms with van der Waals surface area (Å²) in [4.78, 5) is 0. The van der Waals surface area contributed by atoms with Crippen LogP contribution in [0.3, 0.4) is 0 Å². The Bertz CT molecular complexity index is 128. The average molecular weight is 159 g/mol. The summed E-state index contributed by atoms with van der Waals surface area (Å²) in [5.74, 6) is 0. The summed E-state index contributed by atoms with van der Waals surface area (Å²) >= 11 is 0. The third-order valence-electron chi connectivity index (χ3n) is 2.53. The van der Waals surface area contributed by atoms with Crippen molar-refractivity contribution in [2.75, 3.05) is 7.11 Å². The van der Waals surface area contributed by atoms with Crippen LogP contribution in [-0.2, 0) is 4.74 Å². The van der Waals surface area contributed by atoms with Gasteiger partial charge in [0, 0.05) is 12.6 Å². The van der Waals surface area contributed by atoms with Crippen molar-refractivity contribution in [3.63, 3.8) is 0 Å². The van der Waals surface area contributed by atoms with Gasteiger partial charge in [0.15, 0.2) is 0 Å². The normalized spacial score (nSPS) is 39.8. The zero-order valence-corrected chi connectivity index (χ0v) is 7.21. The maximum absolute atomic E-state index is 9.09. The first kappa shape index (κ1) is 8.97. The SMILES string of the molecule is CCC(OC)C1(N)CC(O)C1. The molecular formula is C8H17NO2. The highest BCUT2D eigenvalue weighted by Gasteiger charge is 2.45. The Labute approximate surface area is 67.5 Å². The summed E-state index contributed by atoms with van der Waals surface area (Å²) in [6.07, 6.45) is 2.17. The maximum atomic E-state index is 9.09. The van der Waals surface area contributed by atoms with E-state index in [1.165, 1.54) is 0 Å². The molecule has 0 aromatic carbocycles. The minimum atomic E-state index is -0.261. The van der Waals surface area contributed by atoms with Gasteiger partial charge in [0.1, 0.15) is 0 Å². The summed E-state index contributed by atoms with van der Waals surface area (Å²) in [5.41, 5.74) is 5.71. The van der Waals surface area contributed by atoms with Gasteiger partial charge in [-0.05, 0) is 19.3 Å². The quantitative estimate of drug-likeness (QED) is 0.621. The molecule has 0 amide bonds. The van der Waals surface area contributed by atoms with Crippen LogP contribution in [-0.4, -0.2) is 30.0 Å². The average Bonchev–Trinajstić information content (AvgIpc) is 1.87. The Kier molecular flexibility index (Phi) is 2.52. The van der Waals surface area contributed by atoms with Crippen molar-refractivity contribution in [3.8, 4) is 0 Å². The molecule has 1 aliphatic rings. The van der Waals surface area contributed by atoms with Gasteiger partial charge in [-0.2, -0.15) is 0 Å². The smallest absolute Gasteiger partial charge is 0.0750 e. The van der Waals surface area contributed by atoms with Crippen LogP contribution < -0.4 is 5.73 Å². The number of methoxy groups -OCH3 is 1. The van der Waals surface area contributed by atoms with Crippen molar-refractivity contribution < 1.29 is 9.84 Å². The fourth-order valence-corrected chi connectivity index (χ4v) is 1.89. The molecule has 1 saturated carbocycles. The van der Waals surface area contributed by atoms with Crippen LogP contribution in [0.1, 0.15) is 26.2 Å². The molecule has 0 bridgehead atoms. The van der Waals surface area contributed by atoms with Gasteiger partial charge in [-0.1, -0.05) is 6.92 Å². The molecule has 3 nitrogen and oxygen atoms in total. The van der Waals surface area contributed by atoms with Crippen LogP contribution >= 0.6 is 0 Å². The summed E-state index contributed by atoms with van der Waals surface area (Å²) in [5, 5.41) is 9.09. The van der Waals surface area contributed by atoms with Gasteiger partial charge in [0.25, 0.3) is 0 Å². The predicted molar refractivity (Wildman–Crippen MR) is 43.2 cm³/mol. The Morgan fingerprint density at radius 2 is 2.27 bits per heavy atom. The molecule has 0 radical (unpaired) electrons. The number of hydrogen-bond donors (Lipinski definition) is 2. The van der Waals surface area contributed by atoms with Crippen LogP contribution in [0.5, 0.6) is 0 Å². The van der Waals surface area contributed by atoms with Crippen LogP contribution in [0, 0.1) is 0 Å². The van der Waals surface area contributed by atoms with Crippen LogP contribution in [0.15, 0.2) is 0 Å². The van der Waals surface area contributed by atoms with Crippen LogP contribution in [0.2, 0.25) is 0 Å². The molecule has 1 atom stereocenters. The van der Waals surface area contributed by atoms with E-state index in [0.717, 1.165) is 6.42 Å².